The lowest BCUT2D eigenvalue weighted by molar-refractivity contribution is -0.161. The summed E-state index contributed by atoms with van der Waals surface area (Å²) >= 11 is 0. The van der Waals surface area contributed by atoms with Gasteiger partial charge in [-0.2, -0.15) is 13.2 Å². The summed E-state index contributed by atoms with van der Waals surface area (Å²) in [7, 11) is 0. The molecule has 16 heavy (non-hydrogen) atoms. The van der Waals surface area contributed by atoms with Gasteiger partial charge in [0, 0.05) is 0 Å². The minimum atomic E-state index is -4.23. The van der Waals surface area contributed by atoms with Crippen molar-refractivity contribution >= 4 is 5.96 Å². The third kappa shape index (κ3) is 2.25. The quantitative estimate of drug-likeness (QED) is 0.567. The number of nitrogens with one attached hydrogen (secondary N) is 1. The number of rotatable bonds is 2. The van der Waals surface area contributed by atoms with Gasteiger partial charge in [0.15, 0.2) is 5.96 Å². The first-order valence-corrected chi connectivity index (χ1v) is 5.61. The predicted molar refractivity (Wildman–Crippen MR) is 55.0 cm³/mol. The predicted octanol–water partition coefficient (Wildman–Crippen LogP) is 1.93. The van der Waals surface area contributed by atoms with E-state index in [-0.39, 0.29) is 24.8 Å². The zero-order valence-electron chi connectivity index (χ0n) is 8.98. The Bertz CT molecular complexity index is 288. The number of alkyl halides is 3. The molecule has 0 aliphatic heterocycles. The summed E-state index contributed by atoms with van der Waals surface area (Å²) in [4.78, 5) is 4.10. The van der Waals surface area contributed by atoms with Crippen LogP contribution in [-0.2, 0) is 0 Å². The lowest BCUT2D eigenvalue weighted by Crippen LogP contribution is -2.51. The van der Waals surface area contributed by atoms with E-state index >= 15 is 0 Å². The smallest absolute Gasteiger partial charge is 0.370 e. The molecule has 0 heterocycles. The van der Waals surface area contributed by atoms with Crippen molar-refractivity contribution in [1.29, 1.82) is 0 Å². The van der Waals surface area contributed by atoms with Crippen molar-refractivity contribution in [3.05, 3.63) is 0 Å². The molecule has 0 aromatic carbocycles. The number of hydrogen-bond donors (Lipinski definition) is 2. The van der Waals surface area contributed by atoms with Gasteiger partial charge in [-0.05, 0) is 25.7 Å². The fraction of sp³-hybridized carbons (Fsp3) is 0.900. The number of halogens is 3. The summed E-state index contributed by atoms with van der Waals surface area (Å²) in [6, 6.07) is 0.108. The first-order valence-electron chi connectivity index (χ1n) is 5.61. The Labute approximate surface area is 92.3 Å². The summed E-state index contributed by atoms with van der Waals surface area (Å²) in [5, 5.41) is 2.34. The van der Waals surface area contributed by atoms with E-state index in [1.165, 1.54) is 0 Å². The molecule has 92 valence electrons. The molecule has 6 heteroatoms. The van der Waals surface area contributed by atoms with Gasteiger partial charge in [0.1, 0.15) is 5.54 Å². The van der Waals surface area contributed by atoms with Crippen LogP contribution in [0.15, 0.2) is 4.99 Å². The fourth-order valence-corrected chi connectivity index (χ4v) is 2.11. The number of nitrogens with zero attached hydrogens (tertiary/aromatic N) is 1. The van der Waals surface area contributed by atoms with Gasteiger partial charge in [0.2, 0.25) is 0 Å². The average molecular weight is 235 g/mol. The highest BCUT2D eigenvalue weighted by atomic mass is 19.4. The molecule has 2 aliphatic carbocycles. The average Bonchev–Trinajstić information content (AvgIpc) is 2.75. The summed E-state index contributed by atoms with van der Waals surface area (Å²) in [6.07, 6.45) is -0.00188. The number of hydrogen-bond acceptors (Lipinski definition) is 1. The van der Waals surface area contributed by atoms with Crippen molar-refractivity contribution in [3.8, 4) is 0 Å². The monoisotopic (exact) mass is 235 g/mol. The van der Waals surface area contributed by atoms with Gasteiger partial charge in [-0.25, -0.2) is 0 Å². The van der Waals surface area contributed by atoms with Crippen molar-refractivity contribution in [1.82, 2.24) is 5.32 Å². The van der Waals surface area contributed by atoms with Gasteiger partial charge in [-0.15, -0.1) is 0 Å². The van der Waals surface area contributed by atoms with E-state index in [4.69, 9.17) is 5.73 Å². The molecule has 0 bridgehead atoms. The summed E-state index contributed by atoms with van der Waals surface area (Å²) < 4.78 is 37.8. The van der Waals surface area contributed by atoms with Gasteiger partial charge in [0.25, 0.3) is 0 Å². The highest BCUT2D eigenvalue weighted by Crippen LogP contribution is 2.48. The van der Waals surface area contributed by atoms with Gasteiger partial charge in [-0.3, -0.25) is 4.99 Å². The molecule has 2 aliphatic rings. The van der Waals surface area contributed by atoms with E-state index in [1.807, 2.05) is 0 Å². The zero-order chi connectivity index (χ0) is 11.8. The molecule has 0 aromatic rings. The van der Waals surface area contributed by atoms with Crippen LogP contribution in [0.4, 0.5) is 13.2 Å². The molecule has 0 unspecified atom stereocenters. The SMILES string of the molecule is NC(=NC1CCCC1)NC1(C(F)(F)F)CC1. The zero-order valence-corrected chi connectivity index (χ0v) is 8.98. The normalized spacial score (nSPS) is 25.8. The minimum absolute atomic E-state index is 0.0540. The summed E-state index contributed by atoms with van der Waals surface area (Å²) in [6.45, 7) is 0. The van der Waals surface area contributed by atoms with E-state index in [0.717, 1.165) is 25.7 Å². The number of guanidine groups is 1. The van der Waals surface area contributed by atoms with Crippen molar-refractivity contribution in [2.24, 2.45) is 10.7 Å². The van der Waals surface area contributed by atoms with Crippen LogP contribution in [0.2, 0.25) is 0 Å². The largest absolute Gasteiger partial charge is 0.411 e. The molecule has 2 rings (SSSR count). The standard InChI is InChI=1S/C10H16F3N3/c11-10(12,13)9(5-6-9)16-8(14)15-7-3-1-2-4-7/h7H,1-6H2,(H3,14,15,16). The molecule has 0 spiro atoms. The summed E-state index contributed by atoms with van der Waals surface area (Å²) in [5.74, 6) is -0.0540. The van der Waals surface area contributed by atoms with Crippen LogP contribution in [-0.4, -0.2) is 23.7 Å². The van der Waals surface area contributed by atoms with E-state index in [2.05, 4.69) is 10.3 Å². The van der Waals surface area contributed by atoms with E-state index in [0.29, 0.717) is 0 Å². The highest BCUT2D eigenvalue weighted by Gasteiger charge is 2.63. The second-order valence-corrected chi connectivity index (χ2v) is 4.66. The van der Waals surface area contributed by atoms with Crippen molar-refractivity contribution in [2.75, 3.05) is 0 Å². The van der Waals surface area contributed by atoms with Gasteiger partial charge < -0.3 is 11.1 Å². The Morgan fingerprint density at radius 2 is 1.81 bits per heavy atom. The van der Waals surface area contributed by atoms with Crippen LogP contribution in [0.5, 0.6) is 0 Å². The molecular weight excluding hydrogens is 219 g/mol. The first-order chi connectivity index (χ1) is 7.43. The molecule has 3 nitrogen and oxygen atoms in total. The van der Waals surface area contributed by atoms with Crippen molar-refractivity contribution in [2.45, 2.75) is 56.3 Å². The van der Waals surface area contributed by atoms with Crippen LogP contribution in [0.3, 0.4) is 0 Å². The number of aliphatic imine (C=N–C) groups is 1. The molecule has 3 N–H and O–H groups in total. The molecule has 0 aromatic heterocycles. The number of nitrogens with two attached hydrogens (primary N) is 1. The Kier molecular flexibility index (Phi) is 2.75. The third-order valence-corrected chi connectivity index (χ3v) is 3.31. The molecular formula is C10H16F3N3. The molecule has 0 atom stereocenters. The molecule has 0 amide bonds. The van der Waals surface area contributed by atoms with Gasteiger partial charge in [0.05, 0.1) is 6.04 Å². The molecule has 2 saturated carbocycles. The van der Waals surface area contributed by atoms with Crippen LogP contribution < -0.4 is 11.1 Å². The topological polar surface area (TPSA) is 50.4 Å². The van der Waals surface area contributed by atoms with Crippen LogP contribution in [0.1, 0.15) is 38.5 Å². The Hall–Kier alpha value is -0.940. The van der Waals surface area contributed by atoms with Crippen LogP contribution >= 0.6 is 0 Å². The maximum atomic E-state index is 12.6. The lowest BCUT2D eigenvalue weighted by atomic mass is 10.2. The second kappa shape index (κ2) is 3.82. The van der Waals surface area contributed by atoms with E-state index in [9.17, 15) is 13.2 Å². The van der Waals surface area contributed by atoms with Crippen LogP contribution in [0.25, 0.3) is 0 Å². The highest BCUT2D eigenvalue weighted by molar-refractivity contribution is 5.79. The Morgan fingerprint density at radius 3 is 2.25 bits per heavy atom. The maximum absolute atomic E-state index is 12.6. The Balaban J connectivity index is 1.94. The minimum Gasteiger partial charge on any atom is -0.370 e. The molecule has 0 saturated heterocycles. The summed E-state index contributed by atoms with van der Waals surface area (Å²) in [5.41, 5.74) is 3.72. The van der Waals surface area contributed by atoms with Crippen molar-refractivity contribution < 1.29 is 13.2 Å². The van der Waals surface area contributed by atoms with Gasteiger partial charge in [-0.1, -0.05) is 12.8 Å². The molecule has 0 radical (unpaired) electrons. The lowest BCUT2D eigenvalue weighted by Gasteiger charge is -2.21. The third-order valence-electron chi connectivity index (χ3n) is 3.31. The second-order valence-electron chi connectivity index (χ2n) is 4.66. The van der Waals surface area contributed by atoms with Crippen molar-refractivity contribution in [3.63, 3.8) is 0 Å². The molecule has 2 fully saturated rings. The first kappa shape index (κ1) is 11.5. The maximum Gasteiger partial charge on any atom is 0.411 e. The van der Waals surface area contributed by atoms with E-state index < -0.39 is 11.7 Å². The van der Waals surface area contributed by atoms with Crippen LogP contribution in [0, 0.1) is 0 Å². The Morgan fingerprint density at radius 1 is 1.25 bits per heavy atom. The fourth-order valence-electron chi connectivity index (χ4n) is 2.11. The van der Waals surface area contributed by atoms with Gasteiger partial charge >= 0.3 is 6.18 Å². The van der Waals surface area contributed by atoms with E-state index in [1.54, 1.807) is 0 Å².